The van der Waals surface area contributed by atoms with Gasteiger partial charge in [0.1, 0.15) is 11.4 Å². The summed E-state index contributed by atoms with van der Waals surface area (Å²) in [4.78, 5) is 12.7. The zero-order valence-electron chi connectivity index (χ0n) is 45.2. The smallest absolute Gasteiger partial charge is 0.369 e. The molecule has 0 spiro atoms. The monoisotopic (exact) mass is 1300 g/mol. The van der Waals surface area contributed by atoms with Crippen molar-refractivity contribution in [1.82, 2.24) is 0 Å². The van der Waals surface area contributed by atoms with Gasteiger partial charge in [-0.2, -0.15) is 5.26 Å². The number of ether oxygens (including phenoxy) is 3. The van der Waals surface area contributed by atoms with Crippen molar-refractivity contribution in [2.24, 2.45) is 35.1 Å². The maximum absolute atomic E-state index is 12.7. The largest absolute Gasteiger partial charge is 0.505 e. The molecule has 418 valence electrons. The summed E-state index contributed by atoms with van der Waals surface area (Å²) in [7, 11) is 3.34. The summed E-state index contributed by atoms with van der Waals surface area (Å²) in [5.41, 5.74) is 20.1. The summed E-state index contributed by atoms with van der Waals surface area (Å²) in [6, 6.07) is 12.5. The molecule has 3 fully saturated rings. The van der Waals surface area contributed by atoms with Crippen molar-refractivity contribution < 1.29 is 24.1 Å². The van der Waals surface area contributed by atoms with E-state index in [1.54, 1.807) is 20.3 Å². The molecule has 0 aliphatic heterocycles. The van der Waals surface area contributed by atoms with Crippen LogP contribution in [0, 0.1) is 35.0 Å². The highest BCUT2D eigenvalue weighted by Gasteiger charge is 2.49. The number of carbonyl (C=O) groups excluding carboxylic acids is 1. The first-order valence-corrected chi connectivity index (χ1v) is 31.0. The number of esters is 1. The van der Waals surface area contributed by atoms with Gasteiger partial charge in [0.2, 0.25) is 0 Å². The average molecular weight is 1310 g/mol. The van der Waals surface area contributed by atoms with Crippen molar-refractivity contribution in [2.75, 3.05) is 14.2 Å². The molecule has 0 radical (unpaired) electrons. The van der Waals surface area contributed by atoms with Crippen LogP contribution in [0.5, 0.6) is 17.2 Å². The van der Waals surface area contributed by atoms with Gasteiger partial charge in [-0.05, 0) is 165 Å². The Labute approximate surface area is 496 Å². The van der Waals surface area contributed by atoms with E-state index in [9.17, 15) is 9.90 Å². The van der Waals surface area contributed by atoms with Crippen LogP contribution >= 0.6 is 93.7 Å². The van der Waals surface area contributed by atoms with E-state index in [1.165, 1.54) is 105 Å². The third kappa shape index (κ3) is 15.7. The number of aromatic hydroxyl groups is 1. The second-order valence-electron chi connectivity index (χ2n) is 23.2. The van der Waals surface area contributed by atoms with Gasteiger partial charge in [-0.1, -0.05) is 138 Å². The number of rotatable bonds is 4. The predicted octanol–water partition coefficient (Wildman–Crippen LogP) is 17.9. The molecule has 0 aromatic heterocycles. The van der Waals surface area contributed by atoms with Crippen LogP contribution in [-0.2, 0) is 45.0 Å². The summed E-state index contributed by atoms with van der Waals surface area (Å²) in [6.07, 6.45) is 21.6. The molecule has 0 amide bonds. The Balaban J connectivity index is 0.000000229. The Morgan fingerprint density at radius 3 is 1.63 bits per heavy atom. The average Bonchev–Trinajstić information content (AvgIpc) is 3.31. The van der Waals surface area contributed by atoms with Crippen LogP contribution in [0.4, 0.5) is 0 Å². The minimum atomic E-state index is -0.421. The lowest BCUT2D eigenvalue weighted by Crippen LogP contribution is -2.53. The molecule has 9 unspecified atom stereocenters. The number of hydrogen-bond acceptors (Lipinski definition) is 8. The quantitative estimate of drug-likeness (QED) is 0.173. The van der Waals surface area contributed by atoms with Gasteiger partial charge in [-0.15, -0.1) is 47.3 Å². The molecule has 9 rings (SSSR count). The van der Waals surface area contributed by atoms with Crippen LogP contribution < -0.4 is 20.9 Å². The summed E-state index contributed by atoms with van der Waals surface area (Å²) in [5, 5.41) is 19.4. The van der Waals surface area contributed by atoms with Crippen molar-refractivity contribution in [3.8, 4) is 23.3 Å². The zero-order chi connectivity index (χ0) is 54.9. The van der Waals surface area contributed by atoms with Crippen molar-refractivity contribution in [1.29, 1.82) is 5.26 Å². The highest BCUT2D eigenvalue weighted by Crippen LogP contribution is 2.55. The lowest BCUT2D eigenvalue weighted by Gasteiger charge is -2.49. The van der Waals surface area contributed by atoms with Gasteiger partial charge >= 0.3 is 9.15 Å². The molecule has 0 heterocycles. The SMILES string of the molecule is BrB(Br)Br.C.CC#N.CC12CCCCCC(Cc3cc(Cl)c(O)c(Cl)c31)C2N.COc1c(Cl)cc2c(c1Cl)C1(C)CCCCCC(C2)C1N.COc1ccc2c(c1)C1(C)CCCCCC(C2)C1CC(=O)OC(C)(C)C. The molecule has 6 aliphatic carbocycles. The summed E-state index contributed by atoms with van der Waals surface area (Å²) in [6.45, 7) is 14.1. The maximum Gasteiger partial charge on any atom is 0.369 e. The van der Waals surface area contributed by atoms with Crippen LogP contribution in [0.15, 0.2) is 30.3 Å². The van der Waals surface area contributed by atoms with E-state index in [0.717, 1.165) is 56.3 Å². The van der Waals surface area contributed by atoms with E-state index in [-0.39, 0.29) is 50.7 Å². The molecule has 6 bridgehead atoms. The second kappa shape index (κ2) is 28.8. The van der Waals surface area contributed by atoms with Gasteiger partial charge in [0.05, 0.1) is 40.4 Å². The van der Waals surface area contributed by atoms with Crippen molar-refractivity contribution in [3.05, 3.63) is 83.8 Å². The van der Waals surface area contributed by atoms with Gasteiger partial charge in [0.25, 0.3) is 0 Å². The summed E-state index contributed by atoms with van der Waals surface area (Å²) in [5.74, 6) is 3.39. The van der Waals surface area contributed by atoms with Gasteiger partial charge in [-0.3, -0.25) is 4.79 Å². The molecular formula is C59H85BBr3Cl4N3O5. The van der Waals surface area contributed by atoms with E-state index in [0.29, 0.717) is 55.9 Å². The highest BCUT2D eigenvalue weighted by atomic mass is 79.9. The first-order valence-electron chi connectivity index (χ1n) is 26.7. The zero-order valence-corrected chi connectivity index (χ0v) is 53.0. The number of hydrogen-bond donors (Lipinski definition) is 3. The Morgan fingerprint density at radius 2 is 1.16 bits per heavy atom. The third-order valence-corrected chi connectivity index (χ3v) is 18.6. The number of fused-ring (bicyclic) bond motifs is 12. The minimum Gasteiger partial charge on any atom is -0.505 e. The normalized spacial score (nSPS) is 28.2. The fraction of sp³-hybridized carbons (Fsp3) is 0.661. The topological polar surface area (TPSA) is 141 Å². The molecule has 5 N–H and O–H groups in total. The number of nitrogens with zero attached hydrogens (tertiary/aromatic N) is 1. The number of nitrogens with two attached hydrogens (primary N) is 2. The van der Waals surface area contributed by atoms with Crippen molar-refractivity contribution >= 4 is 103 Å². The van der Waals surface area contributed by atoms with Crippen LogP contribution in [0.2, 0.25) is 20.1 Å². The first kappa shape index (κ1) is 66.1. The summed E-state index contributed by atoms with van der Waals surface area (Å²) >= 11 is 34.8. The Morgan fingerprint density at radius 1 is 0.720 bits per heavy atom. The van der Waals surface area contributed by atoms with E-state index in [1.807, 2.05) is 32.9 Å². The second-order valence-corrected chi connectivity index (χ2v) is 31.2. The number of nitriles is 1. The number of methoxy groups -OCH3 is 2. The number of halogens is 7. The lowest BCUT2D eigenvalue weighted by molar-refractivity contribution is -0.157. The number of phenolic OH excluding ortho intramolecular Hbond substituents is 1. The van der Waals surface area contributed by atoms with Crippen LogP contribution in [0.3, 0.4) is 0 Å². The molecule has 6 aliphatic rings. The van der Waals surface area contributed by atoms with Crippen LogP contribution in [-0.4, -0.2) is 46.2 Å². The summed E-state index contributed by atoms with van der Waals surface area (Å²) < 4.78 is 16.9. The molecule has 0 saturated heterocycles. The molecule has 8 nitrogen and oxygen atoms in total. The number of phenols is 1. The van der Waals surface area contributed by atoms with Gasteiger partial charge in [-0.25, -0.2) is 0 Å². The molecule has 3 aromatic carbocycles. The number of carbonyl (C=O) groups is 1. The fourth-order valence-electron chi connectivity index (χ4n) is 13.7. The third-order valence-electron chi connectivity index (χ3n) is 17.3. The fourth-order valence-corrected chi connectivity index (χ4v) is 15.3. The highest BCUT2D eigenvalue weighted by molar-refractivity contribution is 9.69. The van der Waals surface area contributed by atoms with E-state index >= 15 is 0 Å². The molecule has 75 heavy (non-hydrogen) atoms. The predicted molar refractivity (Wildman–Crippen MR) is 327 cm³/mol. The molecule has 3 saturated carbocycles. The Hall–Kier alpha value is -1.40. The maximum atomic E-state index is 12.7. The molecule has 3 aromatic rings. The lowest BCUT2D eigenvalue weighted by atomic mass is 9.55. The van der Waals surface area contributed by atoms with Crippen molar-refractivity contribution in [3.63, 3.8) is 0 Å². The number of benzene rings is 3. The van der Waals surface area contributed by atoms with Gasteiger partial charge < -0.3 is 30.8 Å². The minimum absolute atomic E-state index is 0. The Kier molecular flexibility index (Phi) is 25.4. The van der Waals surface area contributed by atoms with Gasteiger partial charge in [0.15, 0.2) is 11.5 Å². The van der Waals surface area contributed by atoms with E-state index in [4.69, 9.17) is 77.3 Å². The van der Waals surface area contributed by atoms with Crippen LogP contribution in [0.1, 0.15) is 192 Å². The molecule has 16 heteroatoms. The first-order chi connectivity index (χ1) is 34.8. The van der Waals surface area contributed by atoms with Crippen molar-refractivity contribution in [2.45, 2.75) is 212 Å². The van der Waals surface area contributed by atoms with Crippen LogP contribution in [0.25, 0.3) is 0 Å². The van der Waals surface area contributed by atoms with E-state index < -0.39 is 5.60 Å². The van der Waals surface area contributed by atoms with Gasteiger partial charge in [0, 0.05) is 36.3 Å². The Bertz CT molecular complexity index is 2440. The van der Waals surface area contributed by atoms with E-state index in [2.05, 4.69) is 86.2 Å². The standard InChI is InChI=1S/C23H34O3.C17H23Cl2NO.C16H21Cl2NO.C2H3N.CH4.BBr3/c1-22(2,3)26-21(24)15-20-16-9-7-6-8-12-23(20,4)19-14-18(25-5)11-10-17(19)13-16;1-17-7-5-3-4-6-10(16(17)20)8-11-9-12(18)15(21-2)14(19)13(11)17;1-16-6-4-2-3-5-9(15(16)19)7-10-8-11(17)14(20)13(18)12(10)16;1-2-3;;2-1(3)4/h10-11,14,16,20H,6-9,12-13,15H2,1-5H3;9-10,16H,3-8,20H2,1-2H3;8-9,15,20H,2-7,19H2,1H3;1H3;1H4;. The molecule has 9 atom stereocenters. The molecular weight excluding hydrogens is 1220 g/mol.